The Labute approximate surface area is 270 Å². The number of aliphatic carboxylic acids is 1. The van der Waals surface area contributed by atoms with E-state index < -0.39 is 16.0 Å². The van der Waals surface area contributed by atoms with E-state index in [1.54, 1.807) is 60.7 Å². The van der Waals surface area contributed by atoms with Crippen molar-refractivity contribution < 1.29 is 27.9 Å². The molecule has 0 aliphatic heterocycles. The summed E-state index contributed by atoms with van der Waals surface area (Å²) in [5.74, 6) is -1.71. The number of benzene rings is 4. The number of sulfonamides is 1. The average molecular weight is 642 g/mol. The van der Waals surface area contributed by atoms with Crippen LogP contribution in [0.25, 0.3) is 11.1 Å². The number of primary sulfonamides is 1. The topological polar surface area (TPSA) is 147 Å². The number of carbonyl (C=O) groups excluding carboxylic acids is 2. The molecule has 0 unspecified atom stereocenters. The van der Waals surface area contributed by atoms with Crippen LogP contribution >= 0.6 is 0 Å². The van der Waals surface area contributed by atoms with E-state index in [2.05, 4.69) is 38.2 Å². The third-order valence-electron chi connectivity index (χ3n) is 7.70. The summed E-state index contributed by atoms with van der Waals surface area (Å²) < 4.78 is 23.2. The number of nitrogens with two attached hydrogens (primary N) is 1. The van der Waals surface area contributed by atoms with E-state index in [4.69, 9.17) is 5.14 Å². The van der Waals surface area contributed by atoms with Gasteiger partial charge in [-0.25, -0.2) is 13.6 Å². The van der Waals surface area contributed by atoms with Crippen LogP contribution in [0.5, 0.6) is 0 Å². The molecule has 4 aromatic rings. The van der Waals surface area contributed by atoms with Crippen molar-refractivity contribution in [1.29, 1.82) is 0 Å². The van der Waals surface area contributed by atoms with Crippen molar-refractivity contribution in [2.75, 3.05) is 13.1 Å². The molecule has 0 aromatic heterocycles. The highest BCUT2D eigenvalue weighted by Crippen LogP contribution is 2.29. The van der Waals surface area contributed by atoms with E-state index >= 15 is 0 Å². The number of carboxylic acids is 1. The van der Waals surface area contributed by atoms with Gasteiger partial charge >= 0.3 is 5.97 Å². The van der Waals surface area contributed by atoms with Gasteiger partial charge in [0.25, 0.3) is 11.8 Å². The van der Waals surface area contributed by atoms with Crippen LogP contribution in [0.15, 0.2) is 102 Å². The Kier molecular flexibility index (Phi) is 10.8. The zero-order valence-corrected chi connectivity index (χ0v) is 27.0. The maximum Gasteiger partial charge on any atom is 0.305 e. The molecule has 0 aliphatic carbocycles. The maximum absolute atomic E-state index is 14.0. The van der Waals surface area contributed by atoms with Crippen molar-refractivity contribution in [2.24, 2.45) is 5.14 Å². The van der Waals surface area contributed by atoms with Gasteiger partial charge in [0.05, 0.1) is 11.3 Å². The summed E-state index contributed by atoms with van der Waals surface area (Å²) in [5.41, 5.74) is 4.79. The Morgan fingerprint density at radius 1 is 0.761 bits per heavy atom. The Balaban J connectivity index is 1.57. The summed E-state index contributed by atoms with van der Waals surface area (Å²) in [4.78, 5) is 40.3. The second-order valence-electron chi connectivity index (χ2n) is 12.1. The van der Waals surface area contributed by atoms with Crippen LogP contribution in [-0.4, -0.2) is 49.3 Å². The fraction of sp³-hybridized carbons (Fsp3) is 0.250. The average Bonchev–Trinajstić information content (AvgIpc) is 3.03. The highest BCUT2D eigenvalue weighted by atomic mass is 32.2. The van der Waals surface area contributed by atoms with Gasteiger partial charge in [0.2, 0.25) is 10.0 Å². The van der Waals surface area contributed by atoms with Crippen molar-refractivity contribution in [3.8, 4) is 11.1 Å². The minimum atomic E-state index is -3.84. The third-order valence-corrected chi connectivity index (χ3v) is 8.63. The van der Waals surface area contributed by atoms with E-state index in [1.807, 2.05) is 12.1 Å². The van der Waals surface area contributed by atoms with Crippen molar-refractivity contribution in [1.82, 2.24) is 10.2 Å². The molecule has 9 nitrogen and oxygen atoms in total. The minimum Gasteiger partial charge on any atom is -0.481 e. The summed E-state index contributed by atoms with van der Waals surface area (Å²) in [5, 5.41) is 17.6. The van der Waals surface area contributed by atoms with Gasteiger partial charge in [-0.05, 0) is 63.9 Å². The molecule has 4 rings (SSSR count). The molecule has 46 heavy (non-hydrogen) atoms. The van der Waals surface area contributed by atoms with Crippen LogP contribution < -0.4 is 10.5 Å². The first kappa shape index (κ1) is 34.1. The molecule has 2 amide bonds. The molecule has 0 saturated heterocycles. The summed E-state index contributed by atoms with van der Waals surface area (Å²) in [6.07, 6.45) is 0.0993. The first-order chi connectivity index (χ1) is 21.7. The molecule has 10 heteroatoms. The fourth-order valence-corrected chi connectivity index (χ4v) is 5.56. The normalized spacial score (nSPS) is 11.6. The predicted octanol–water partition coefficient (Wildman–Crippen LogP) is 5.39. The molecule has 0 atom stereocenters. The third kappa shape index (κ3) is 8.89. The largest absolute Gasteiger partial charge is 0.481 e. The fourth-order valence-electron chi connectivity index (χ4n) is 5.05. The number of nitrogens with one attached hydrogen (secondary N) is 1. The number of nitrogens with zero attached hydrogens (tertiary/aromatic N) is 1. The zero-order valence-electron chi connectivity index (χ0n) is 26.2. The van der Waals surface area contributed by atoms with E-state index in [0.717, 1.165) is 11.1 Å². The van der Waals surface area contributed by atoms with Crippen molar-refractivity contribution >= 4 is 27.8 Å². The van der Waals surface area contributed by atoms with Gasteiger partial charge < -0.3 is 15.3 Å². The van der Waals surface area contributed by atoms with Gasteiger partial charge in [0.15, 0.2) is 0 Å². The monoisotopic (exact) mass is 641 g/mol. The summed E-state index contributed by atoms with van der Waals surface area (Å²) in [6, 6.07) is 28.1. The quantitative estimate of drug-likeness (QED) is 0.189. The Hall–Kier alpha value is -4.80. The Morgan fingerprint density at radius 2 is 1.30 bits per heavy atom. The van der Waals surface area contributed by atoms with Crippen LogP contribution in [0.3, 0.4) is 0 Å². The molecular weight excluding hydrogens is 602 g/mol. The minimum absolute atomic E-state index is 0.0230. The molecule has 240 valence electrons. The number of hydrogen-bond donors (Lipinski definition) is 3. The molecule has 4 N–H and O–H groups in total. The van der Waals surface area contributed by atoms with Gasteiger partial charge in [0.1, 0.15) is 0 Å². The van der Waals surface area contributed by atoms with Crippen molar-refractivity contribution in [2.45, 2.75) is 50.5 Å². The highest BCUT2D eigenvalue weighted by molar-refractivity contribution is 7.89. The Bertz CT molecular complexity index is 1810. The van der Waals surface area contributed by atoms with E-state index in [-0.39, 0.29) is 41.6 Å². The first-order valence-corrected chi connectivity index (χ1v) is 16.5. The SMILES string of the molecule is CC(C)(C)c1ccc(CNC(=O)c2ccccc2-c2ccccc2C(=O)N(CCC(=O)O)CCc2ccc(S(N)(=O)=O)cc2)cc1. The molecular formula is C36H39N3O6S. The number of carboxylic acid groups (broad SMARTS) is 1. The molecule has 0 heterocycles. The summed E-state index contributed by atoms with van der Waals surface area (Å²) in [6.45, 7) is 6.92. The van der Waals surface area contributed by atoms with Crippen molar-refractivity contribution in [3.05, 3.63) is 125 Å². The van der Waals surface area contributed by atoms with Crippen LogP contribution in [-0.2, 0) is 33.2 Å². The number of hydrogen-bond acceptors (Lipinski definition) is 5. The van der Waals surface area contributed by atoms with Crippen molar-refractivity contribution in [3.63, 3.8) is 0 Å². The number of rotatable bonds is 12. The lowest BCUT2D eigenvalue weighted by molar-refractivity contribution is -0.137. The zero-order chi connectivity index (χ0) is 33.5. The van der Waals surface area contributed by atoms with E-state index in [9.17, 15) is 27.9 Å². The standard InChI is InChI=1S/C36H39N3O6S/c1-36(2,3)27-16-12-26(13-17-27)24-38-34(42)31-10-6-4-8-29(31)30-9-5-7-11-32(30)35(43)39(23-21-33(40)41)22-20-25-14-18-28(19-15-25)46(37,44)45/h4-19H,20-24H2,1-3H3,(H,38,42)(H,40,41)(H2,37,44,45). The van der Waals surface area contributed by atoms with Crippen LogP contribution in [0.4, 0.5) is 0 Å². The summed E-state index contributed by atoms with van der Waals surface area (Å²) in [7, 11) is -3.84. The number of amides is 2. The molecule has 0 bridgehead atoms. The molecule has 4 aromatic carbocycles. The smallest absolute Gasteiger partial charge is 0.305 e. The molecule has 0 aliphatic rings. The van der Waals surface area contributed by atoms with Crippen LogP contribution in [0, 0.1) is 0 Å². The second-order valence-corrected chi connectivity index (χ2v) is 13.7. The Morgan fingerprint density at radius 3 is 1.87 bits per heavy atom. The summed E-state index contributed by atoms with van der Waals surface area (Å²) >= 11 is 0. The maximum atomic E-state index is 14.0. The lowest BCUT2D eigenvalue weighted by Crippen LogP contribution is -2.35. The first-order valence-electron chi connectivity index (χ1n) is 14.9. The van der Waals surface area contributed by atoms with Gasteiger partial charge in [-0.3, -0.25) is 14.4 Å². The van der Waals surface area contributed by atoms with Gasteiger partial charge in [-0.15, -0.1) is 0 Å². The van der Waals surface area contributed by atoms with E-state index in [1.165, 1.54) is 22.6 Å². The molecule has 0 radical (unpaired) electrons. The lowest BCUT2D eigenvalue weighted by atomic mass is 9.87. The highest BCUT2D eigenvalue weighted by Gasteiger charge is 2.23. The number of carbonyl (C=O) groups is 3. The molecule has 0 saturated carbocycles. The molecule has 0 spiro atoms. The second kappa shape index (κ2) is 14.5. The lowest BCUT2D eigenvalue weighted by Gasteiger charge is -2.24. The van der Waals surface area contributed by atoms with Crippen LogP contribution in [0.1, 0.15) is 64.6 Å². The van der Waals surface area contributed by atoms with Gasteiger partial charge in [-0.2, -0.15) is 0 Å². The van der Waals surface area contributed by atoms with E-state index in [0.29, 0.717) is 35.2 Å². The molecule has 0 fully saturated rings. The van der Waals surface area contributed by atoms with Gasteiger partial charge in [-0.1, -0.05) is 93.6 Å². The predicted molar refractivity (Wildman–Crippen MR) is 178 cm³/mol. The van der Waals surface area contributed by atoms with Gasteiger partial charge in [0, 0.05) is 30.8 Å². The van der Waals surface area contributed by atoms with Crippen LogP contribution in [0.2, 0.25) is 0 Å².